The molecule has 1 atom stereocenters. The van der Waals surface area contributed by atoms with E-state index >= 15 is 0 Å². The third kappa shape index (κ3) is 1.88. The third-order valence-corrected chi connectivity index (χ3v) is 1.41. The molecule has 11 heavy (non-hydrogen) atoms. The van der Waals surface area contributed by atoms with Crippen LogP contribution >= 0.6 is 0 Å². The lowest BCUT2D eigenvalue weighted by molar-refractivity contribution is 0.112. The van der Waals surface area contributed by atoms with E-state index in [2.05, 4.69) is 9.97 Å². The molecule has 0 aliphatic rings. The summed E-state index contributed by atoms with van der Waals surface area (Å²) in [5, 5.41) is 0. The molecule has 0 amide bonds. The van der Waals surface area contributed by atoms with Crippen molar-refractivity contribution in [2.24, 2.45) is 0 Å². The van der Waals surface area contributed by atoms with Gasteiger partial charge in [-0.25, -0.2) is 9.97 Å². The van der Waals surface area contributed by atoms with Crippen LogP contribution in [0.1, 0.15) is 18.9 Å². The summed E-state index contributed by atoms with van der Waals surface area (Å²) in [6.07, 6.45) is 1.52. The molecule has 2 N–H and O–H groups in total. The zero-order chi connectivity index (χ0) is 8.27. The zero-order valence-corrected chi connectivity index (χ0v) is 6.61. The molecule has 1 rings (SSSR count). The molecule has 0 radical (unpaired) electrons. The molecule has 0 spiro atoms. The first-order chi connectivity index (χ1) is 5.24. The van der Waals surface area contributed by atoms with E-state index in [4.69, 9.17) is 10.5 Å². The highest BCUT2D eigenvalue weighted by Gasteiger charge is 2.05. The van der Waals surface area contributed by atoms with Crippen LogP contribution in [-0.2, 0) is 4.74 Å². The van der Waals surface area contributed by atoms with E-state index in [1.165, 1.54) is 0 Å². The van der Waals surface area contributed by atoms with E-state index in [0.29, 0.717) is 11.6 Å². The summed E-state index contributed by atoms with van der Waals surface area (Å²) in [6, 6.07) is 1.64. The van der Waals surface area contributed by atoms with Gasteiger partial charge in [-0.1, -0.05) is 0 Å². The minimum atomic E-state index is -0.0986. The molecule has 0 aromatic carbocycles. The predicted molar refractivity (Wildman–Crippen MR) is 41.9 cm³/mol. The fourth-order valence-electron chi connectivity index (χ4n) is 0.690. The summed E-state index contributed by atoms with van der Waals surface area (Å²) < 4.78 is 5.01. The molecule has 1 unspecified atom stereocenters. The number of anilines is 1. The Kier molecular flexibility index (Phi) is 2.38. The number of nitrogen functional groups attached to an aromatic ring is 1. The number of nitrogens with two attached hydrogens (primary N) is 1. The molecular weight excluding hydrogens is 142 g/mol. The SMILES string of the molecule is COC(C)c1nccc(N)n1. The highest BCUT2D eigenvalue weighted by atomic mass is 16.5. The molecule has 4 nitrogen and oxygen atoms in total. The van der Waals surface area contributed by atoms with E-state index in [-0.39, 0.29) is 6.10 Å². The molecular formula is C7H11N3O. The van der Waals surface area contributed by atoms with Crippen molar-refractivity contribution >= 4 is 5.82 Å². The molecule has 1 aromatic rings. The van der Waals surface area contributed by atoms with Crippen molar-refractivity contribution in [1.29, 1.82) is 0 Å². The number of nitrogens with zero attached hydrogens (tertiary/aromatic N) is 2. The van der Waals surface area contributed by atoms with Crippen molar-refractivity contribution in [1.82, 2.24) is 9.97 Å². The standard InChI is InChI=1S/C7H11N3O/c1-5(11-2)7-9-4-3-6(8)10-7/h3-5H,1-2H3,(H2,8,9,10). The Morgan fingerprint density at radius 1 is 1.64 bits per heavy atom. The Morgan fingerprint density at radius 2 is 2.36 bits per heavy atom. The van der Waals surface area contributed by atoms with Crippen molar-refractivity contribution in [3.8, 4) is 0 Å². The van der Waals surface area contributed by atoms with E-state index in [0.717, 1.165) is 0 Å². The maximum absolute atomic E-state index is 5.44. The van der Waals surface area contributed by atoms with Crippen LogP contribution in [0.25, 0.3) is 0 Å². The van der Waals surface area contributed by atoms with Gasteiger partial charge in [-0.15, -0.1) is 0 Å². The highest BCUT2D eigenvalue weighted by Crippen LogP contribution is 2.10. The second kappa shape index (κ2) is 3.30. The Balaban J connectivity index is 2.86. The maximum atomic E-state index is 5.44. The Hall–Kier alpha value is -1.16. The average Bonchev–Trinajstić information content (AvgIpc) is 2.03. The van der Waals surface area contributed by atoms with Crippen LogP contribution in [0.2, 0.25) is 0 Å². The first-order valence-electron chi connectivity index (χ1n) is 3.35. The van der Waals surface area contributed by atoms with E-state index in [1.54, 1.807) is 19.4 Å². The predicted octanol–water partition coefficient (Wildman–Crippen LogP) is 0.766. The summed E-state index contributed by atoms with van der Waals surface area (Å²) in [7, 11) is 1.61. The Morgan fingerprint density at radius 3 is 2.91 bits per heavy atom. The molecule has 4 heteroatoms. The van der Waals surface area contributed by atoms with Crippen molar-refractivity contribution in [2.75, 3.05) is 12.8 Å². The van der Waals surface area contributed by atoms with Gasteiger partial charge in [-0.2, -0.15) is 0 Å². The topological polar surface area (TPSA) is 61.0 Å². The second-order valence-electron chi connectivity index (χ2n) is 2.22. The maximum Gasteiger partial charge on any atom is 0.159 e. The fraction of sp³-hybridized carbons (Fsp3) is 0.429. The van der Waals surface area contributed by atoms with E-state index in [1.807, 2.05) is 6.92 Å². The van der Waals surface area contributed by atoms with E-state index < -0.39 is 0 Å². The first kappa shape index (κ1) is 7.94. The van der Waals surface area contributed by atoms with Crippen LogP contribution in [0.4, 0.5) is 5.82 Å². The molecule has 0 saturated carbocycles. The number of ether oxygens (including phenoxy) is 1. The minimum Gasteiger partial charge on any atom is -0.384 e. The monoisotopic (exact) mass is 153 g/mol. The van der Waals surface area contributed by atoms with Gasteiger partial charge in [-0.3, -0.25) is 0 Å². The normalized spacial score (nSPS) is 12.9. The Bertz CT molecular complexity index is 239. The third-order valence-electron chi connectivity index (χ3n) is 1.41. The molecule has 1 heterocycles. The molecule has 0 aliphatic carbocycles. The largest absolute Gasteiger partial charge is 0.384 e. The molecule has 1 aromatic heterocycles. The lowest BCUT2D eigenvalue weighted by atomic mass is 10.4. The van der Waals surface area contributed by atoms with Gasteiger partial charge in [0.2, 0.25) is 0 Å². The summed E-state index contributed by atoms with van der Waals surface area (Å²) in [4.78, 5) is 7.98. The number of rotatable bonds is 2. The molecule has 0 bridgehead atoms. The molecule has 0 fully saturated rings. The lowest BCUT2D eigenvalue weighted by Crippen LogP contribution is -2.04. The zero-order valence-electron chi connectivity index (χ0n) is 6.61. The molecule has 0 aliphatic heterocycles. The van der Waals surface area contributed by atoms with E-state index in [9.17, 15) is 0 Å². The van der Waals surface area contributed by atoms with Crippen LogP contribution in [0, 0.1) is 0 Å². The number of hydrogen-bond acceptors (Lipinski definition) is 4. The van der Waals surface area contributed by atoms with Crippen LogP contribution in [0.5, 0.6) is 0 Å². The molecule has 60 valence electrons. The van der Waals surface area contributed by atoms with Crippen molar-refractivity contribution < 1.29 is 4.74 Å². The van der Waals surface area contributed by atoms with Crippen LogP contribution in [-0.4, -0.2) is 17.1 Å². The minimum absolute atomic E-state index is 0.0986. The fourth-order valence-corrected chi connectivity index (χ4v) is 0.690. The van der Waals surface area contributed by atoms with Gasteiger partial charge in [0.1, 0.15) is 11.9 Å². The average molecular weight is 153 g/mol. The van der Waals surface area contributed by atoms with Gasteiger partial charge in [0, 0.05) is 13.3 Å². The number of hydrogen-bond donors (Lipinski definition) is 1. The smallest absolute Gasteiger partial charge is 0.159 e. The quantitative estimate of drug-likeness (QED) is 0.681. The van der Waals surface area contributed by atoms with Gasteiger partial charge < -0.3 is 10.5 Å². The summed E-state index contributed by atoms with van der Waals surface area (Å²) in [5.74, 6) is 1.09. The Labute approximate surface area is 65.4 Å². The summed E-state index contributed by atoms with van der Waals surface area (Å²) in [5.41, 5.74) is 5.44. The second-order valence-corrected chi connectivity index (χ2v) is 2.22. The number of methoxy groups -OCH3 is 1. The lowest BCUT2D eigenvalue weighted by Gasteiger charge is -2.06. The van der Waals surface area contributed by atoms with Gasteiger partial charge in [0.05, 0.1) is 0 Å². The van der Waals surface area contributed by atoms with Gasteiger partial charge in [-0.05, 0) is 13.0 Å². The highest BCUT2D eigenvalue weighted by molar-refractivity contribution is 5.25. The van der Waals surface area contributed by atoms with Crippen LogP contribution in [0.3, 0.4) is 0 Å². The van der Waals surface area contributed by atoms with Crippen molar-refractivity contribution in [3.63, 3.8) is 0 Å². The number of aromatic nitrogens is 2. The summed E-state index contributed by atoms with van der Waals surface area (Å²) in [6.45, 7) is 1.87. The van der Waals surface area contributed by atoms with Crippen LogP contribution in [0.15, 0.2) is 12.3 Å². The first-order valence-corrected chi connectivity index (χ1v) is 3.35. The van der Waals surface area contributed by atoms with Gasteiger partial charge >= 0.3 is 0 Å². The summed E-state index contributed by atoms with van der Waals surface area (Å²) >= 11 is 0. The van der Waals surface area contributed by atoms with Crippen molar-refractivity contribution in [3.05, 3.63) is 18.1 Å². The van der Waals surface area contributed by atoms with Crippen LogP contribution < -0.4 is 5.73 Å². The van der Waals surface area contributed by atoms with Crippen molar-refractivity contribution in [2.45, 2.75) is 13.0 Å². The van der Waals surface area contributed by atoms with Gasteiger partial charge in [0.15, 0.2) is 5.82 Å². The van der Waals surface area contributed by atoms with Gasteiger partial charge in [0.25, 0.3) is 0 Å². The molecule has 0 saturated heterocycles.